The summed E-state index contributed by atoms with van der Waals surface area (Å²) in [4.78, 5) is 15.1. The number of halogens is 2. The molecule has 2 aromatic rings. The Labute approximate surface area is 136 Å². The molecular formula is C15H15BrClNOS. The third-order valence-electron chi connectivity index (χ3n) is 3.18. The molecule has 0 N–H and O–H groups in total. The minimum absolute atomic E-state index is 0.111. The molecule has 5 heteroatoms. The van der Waals surface area contributed by atoms with Gasteiger partial charge >= 0.3 is 0 Å². The second kappa shape index (κ2) is 6.85. The fraction of sp³-hybridized carbons (Fsp3) is 0.267. The Hall–Kier alpha value is -0.680. The lowest BCUT2D eigenvalue weighted by molar-refractivity contribution is 0.0866. The van der Waals surface area contributed by atoms with Crippen molar-refractivity contribution in [2.24, 2.45) is 0 Å². The molecule has 0 bridgehead atoms. The van der Waals surface area contributed by atoms with E-state index in [9.17, 15) is 4.79 Å². The van der Waals surface area contributed by atoms with E-state index >= 15 is 0 Å². The SMILES string of the molecule is CC(C(=O)c1ccc(Cl)s1)N(C)Cc1cccc(Br)c1. The summed E-state index contributed by atoms with van der Waals surface area (Å²) in [5.74, 6) is 0.111. The molecule has 0 saturated heterocycles. The summed E-state index contributed by atoms with van der Waals surface area (Å²) in [6, 6.07) is 11.5. The fourth-order valence-corrected chi connectivity index (χ4v) is 3.43. The van der Waals surface area contributed by atoms with E-state index in [4.69, 9.17) is 11.6 Å². The van der Waals surface area contributed by atoms with Crippen LogP contribution in [0.4, 0.5) is 0 Å². The number of hydrogen-bond donors (Lipinski definition) is 0. The standard InChI is InChI=1S/C15H15BrClNOS/c1-10(15(19)13-6-7-14(17)20-13)18(2)9-11-4-3-5-12(16)8-11/h3-8,10H,9H2,1-2H3. The number of carbonyl (C=O) groups excluding carboxylic acids is 1. The van der Waals surface area contributed by atoms with Crippen molar-refractivity contribution in [3.63, 3.8) is 0 Å². The van der Waals surface area contributed by atoms with Gasteiger partial charge in [-0.05, 0) is 43.8 Å². The predicted molar refractivity (Wildman–Crippen MR) is 88.7 cm³/mol. The van der Waals surface area contributed by atoms with Crippen LogP contribution in [0.2, 0.25) is 4.34 Å². The number of rotatable bonds is 5. The van der Waals surface area contributed by atoms with Gasteiger partial charge in [-0.2, -0.15) is 0 Å². The van der Waals surface area contributed by atoms with Crippen molar-refractivity contribution in [1.82, 2.24) is 4.90 Å². The maximum atomic E-state index is 12.4. The van der Waals surface area contributed by atoms with Crippen LogP contribution in [0.1, 0.15) is 22.2 Å². The van der Waals surface area contributed by atoms with E-state index in [2.05, 4.69) is 28.1 Å². The van der Waals surface area contributed by atoms with E-state index in [1.54, 1.807) is 12.1 Å². The molecule has 20 heavy (non-hydrogen) atoms. The molecule has 0 fully saturated rings. The highest BCUT2D eigenvalue weighted by Crippen LogP contribution is 2.24. The topological polar surface area (TPSA) is 20.3 Å². The van der Waals surface area contributed by atoms with Crippen molar-refractivity contribution < 1.29 is 4.79 Å². The molecule has 0 aliphatic carbocycles. The first-order chi connectivity index (χ1) is 9.47. The molecule has 0 saturated carbocycles. The van der Waals surface area contributed by atoms with E-state index in [0.717, 1.165) is 11.0 Å². The van der Waals surface area contributed by atoms with Gasteiger partial charge in [-0.25, -0.2) is 0 Å². The molecule has 1 aromatic heterocycles. The van der Waals surface area contributed by atoms with Crippen LogP contribution in [0.15, 0.2) is 40.9 Å². The summed E-state index contributed by atoms with van der Waals surface area (Å²) in [5.41, 5.74) is 1.17. The lowest BCUT2D eigenvalue weighted by Crippen LogP contribution is -2.35. The molecule has 106 valence electrons. The molecule has 0 spiro atoms. The third-order valence-corrected chi connectivity index (χ3v) is 4.92. The molecule has 1 atom stereocenters. The Bertz CT molecular complexity index is 613. The first kappa shape index (κ1) is 15.7. The van der Waals surface area contributed by atoms with Crippen LogP contribution in [0.25, 0.3) is 0 Å². The molecule has 0 aliphatic heterocycles. The van der Waals surface area contributed by atoms with E-state index in [1.165, 1.54) is 16.9 Å². The average Bonchev–Trinajstić information content (AvgIpc) is 2.83. The van der Waals surface area contributed by atoms with Crippen molar-refractivity contribution in [1.29, 1.82) is 0 Å². The van der Waals surface area contributed by atoms with Crippen LogP contribution in [-0.4, -0.2) is 23.8 Å². The van der Waals surface area contributed by atoms with Gasteiger partial charge in [0, 0.05) is 11.0 Å². The van der Waals surface area contributed by atoms with E-state index < -0.39 is 0 Å². The van der Waals surface area contributed by atoms with Gasteiger partial charge in [0.15, 0.2) is 5.78 Å². The van der Waals surface area contributed by atoms with Crippen LogP contribution in [-0.2, 0) is 6.54 Å². The van der Waals surface area contributed by atoms with Gasteiger partial charge in [0.2, 0.25) is 0 Å². The van der Waals surface area contributed by atoms with Crippen LogP contribution in [0, 0.1) is 0 Å². The summed E-state index contributed by atoms with van der Waals surface area (Å²) < 4.78 is 1.70. The highest BCUT2D eigenvalue weighted by molar-refractivity contribution is 9.10. The van der Waals surface area contributed by atoms with E-state index in [0.29, 0.717) is 9.21 Å². The Kier molecular flexibility index (Phi) is 5.38. The number of nitrogens with zero attached hydrogens (tertiary/aromatic N) is 1. The lowest BCUT2D eigenvalue weighted by atomic mass is 10.1. The van der Waals surface area contributed by atoms with Crippen LogP contribution >= 0.6 is 38.9 Å². The second-order valence-electron chi connectivity index (χ2n) is 4.69. The zero-order valence-corrected chi connectivity index (χ0v) is 14.4. The van der Waals surface area contributed by atoms with E-state index in [-0.39, 0.29) is 11.8 Å². The Balaban J connectivity index is 2.05. The third kappa shape index (κ3) is 3.92. The van der Waals surface area contributed by atoms with Crippen molar-refractivity contribution in [3.05, 3.63) is 55.6 Å². The number of likely N-dealkylation sites (N-methyl/N-ethyl adjacent to an activating group) is 1. The molecule has 2 nitrogen and oxygen atoms in total. The number of Topliss-reactive ketones (excluding diaryl/α,β-unsaturated/α-hetero) is 1. The highest BCUT2D eigenvalue weighted by Gasteiger charge is 2.21. The van der Waals surface area contributed by atoms with Crippen molar-refractivity contribution in [2.45, 2.75) is 19.5 Å². The van der Waals surface area contributed by atoms with Gasteiger partial charge in [-0.1, -0.05) is 39.7 Å². The van der Waals surface area contributed by atoms with Crippen molar-refractivity contribution >= 4 is 44.7 Å². The fourth-order valence-electron chi connectivity index (χ4n) is 1.91. The lowest BCUT2D eigenvalue weighted by Gasteiger charge is -2.23. The summed E-state index contributed by atoms with van der Waals surface area (Å²) >= 11 is 10.7. The smallest absolute Gasteiger partial charge is 0.189 e. The average molecular weight is 373 g/mol. The normalized spacial score (nSPS) is 12.7. The summed E-state index contributed by atoms with van der Waals surface area (Å²) in [6.07, 6.45) is 0. The van der Waals surface area contributed by atoms with Crippen molar-refractivity contribution in [2.75, 3.05) is 7.05 Å². The van der Waals surface area contributed by atoms with Gasteiger partial charge < -0.3 is 0 Å². The number of ketones is 1. The quantitative estimate of drug-likeness (QED) is 0.698. The van der Waals surface area contributed by atoms with Gasteiger partial charge in [-0.3, -0.25) is 9.69 Å². The first-order valence-corrected chi connectivity index (χ1v) is 8.20. The number of thiophene rings is 1. The van der Waals surface area contributed by atoms with Gasteiger partial charge in [0.25, 0.3) is 0 Å². The summed E-state index contributed by atoms with van der Waals surface area (Å²) in [5, 5.41) is 0. The number of carbonyl (C=O) groups is 1. The zero-order chi connectivity index (χ0) is 14.7. The van der Waals surface area contributed by atoms with Crippen LogP contribution in [0.5, 0.6) is 0 Å². The maximum absolute atomic E-state index is 12.4. The number of benzene rings is 1. The second-order valence-corrected chi connectivity index (χ2v) is 7.32. The molecule has 0 aliphatic rings. The minimum Gasteiger partial charge on any atom is -0.292 e. The summed E-state index contributed by atoms with van der Waals surface area (Å²) in [6.45, 7) is 2.65. The molecule has 1 unspecified atom stereocenters. The molecule has 1 aromatic carbocycles. The monoisotopic (exact) mass is 371 g/mol. The van der Waals surface area contributed by atoms with Gasteiger partial charge in [0.1, 0.15) is 0 Å². The minimum atomic E-state index is -0.177. The Morgan fingerprint density at radius 2 is 2.15 bits per heavy atom. The molecule has 0 radical (unpaired) electrons. The molecule has 2 rings (SSSR count). The van der Waals surface area contributed by atoms with Crippen LogP contribution in [0.3, 0.4) is 0 Å². The molecular weight excluding hydrogens is 358 g/mol. The van der Waals surface area contributed by atoms with Crippen molar-refractivity contribution in [3.8, 4) is 0 Å². The molecule has 1 heterocycles. The highest BCUT2D eigenvalue weighted by atomic mass is 79.9. The number of hydrogen-bond acceptors (Lipinski definition) is 3. The Morgan fingerprint density at radius 1 is 1.40 bits per heavy atom. The molecule has 0 amide bonds. The largest absolute Gasteiger partial charge is 0.292 e. The van der Waals surface area contributed by atoms with Gasteiger partial charge in [0.05, 0.1) is 15.3 Å². The van der Waals surface area contributed by atoms with Gasteiger partial charge in [-0.15, -0.1) is 11.3 Å². The zero-order valence-electron chi connectivity index (χ0n) is 11.3. The predicted octanol–water partition coefficient (Wildman–Crippen LogP) is 4.87. The van der Waals surface area contributed by atoms with E-state index in [1.807, 2.05) is 31.0 Å². The van der Waals surface area contributed by atoms with Crippen LogP contribution < -0.4 is 0 Å². The maximum Gasteiger partial charge on any atom is 0.189 e. The Morgan fingerprint density at radius 3 is 2.75 bits per heavy atom. The summed E-state index contributed by atoms with van der Waals surface area (Å²) in [7, 11) is 1.96. The first-order valence-electron chi connectivity index (χ1n) is 6.21.